The van der Waals surface area contributed by atoms with E-state index in [0.717, 1.165) is 50.9 Å². The van der Waals surface area contributed by atoms with Gasteiger partial charge in [0.25, 0.3) is 0 Å². The predicted molar refractivity (Wildman–Crippen MR) is 137 cm³/mol. The third kappa shape index (κ3) is 34.5. The number of isocyanates is 3. The Bertz CT molecular complexity index is 653. The standard InChI is InChI=1S/C10H11O.3C5H9NO.Sn.H/c1-3-9-5-7-10(8-6-9)11-4-2;3*1-2-3-4-6-5-7;;/h1,3,5-8H,4H2,2H3;3*2-4H2,1H3;;. The average molecular weight is 564 g/mol. The molecule has 182 valence electrons. The second-order valence-corrected chi connectivity index (χ2v) is 7.44. The van der Waals surface area contributed by atoms with Gasteiger partial charge >= 0.3 is 86.5 Å². The van der Waals surface area contributed by atoms with Gasteiger partial charge < -0.3 is 0 Å². The molecule has 0 N–H and O–H groups in total. The van der Waals surface area contributed by atoms with Gasteiger partial charge in [0.1, 0.15) is 0 Å². The first kappa shape index (κ1) is 35.3. The Morgan fingerprint density at radius 3 is 1.42 bits per heavy atom. The van der Waals surface area contributed by atoms with Crippen molar-refractivity contribution >= 4 is 46.8 Å². The van der Waals surface area contributed by atoms with E-state index >= 15 is 0 Å². The Morgan fingerprint density at radius 2 is 1.15 bits per heavy atom. The van der Waals surface area contributed by atoms with E-state index in [1.165, 1.54) is 46.3 Å². The molecule has 8 heteroatoms. The number of nitrogens with zero attached hydrogens (tertiary/aromatic N) is 3. The van der Waals surface area contributed by atoms with E-state index in [2.05, 4.69) is 58.0 Å². The molecule has 0 aliphatic rings. The molecule has 0 aromatic heterocycles. The molecule has 0 saturated carbocycles. The number of ether oxygens (including phenoxy) is 1. The van der Waals surface area contributed by atoms with E-state index < -0.39 is 0 Å². The first-order valence-corrected chi connectivity index (χ1v) is 13.2. The topological polar surface area (TPSA) is 97.5 Å². The second-order valence-electron chi connectivity index (χ2n) is 6.34. The average Bonchev–Trinajstić information content (AvgIpc) is 2.83. The number of hydrogen-bond acceptors (Lipinski definition) is 7. The first-order valence-electron chi connectivity index (χ1n) is 11.3. The van der Waals surface area contributed by atoms with Crippen LogP contribution >= 0.6 is 0 Å². The summed E-state index contributed by atoms with van der Waals surface area (Å²) in [5.41, 5.74) is 1.24. The molecule has 0 saturated heterocycles. The van der Waals surface area contributed by atoms with Crippen molar-refractivity contribution in [3.63, 3.8) is 0 Å². The van der Waals surface area contributed by atoms with Crippen LogP contribution in [-0.2, 0) is 14.4 Å². The van der Waals surface area contributed by atoms with Crippen molar-refractivity contribution in [1.82, 2.24) is 0 Å². The summed E-state index contributed by atoms with van der Waals surface area (Å²) < 4.78 is 7.48. The molecule has 0 atom stereocenters. The molecule has 1 aromatic rings. The van der Waals surface area contributed by atoms with Gasteiger partial charge in [-0.15, -0.1) is 0 Å². The summed E-state index contributed by atoms with van der Waals surface area (Å²) >= 11 is 1.17. The van der Waals surface area contributed by atoms with E-state index in [1.54, 1.807) is 0 Å². The number of unbranched alkanes of at least 4 members (excludes halogenated alkanes) is 3. The zero-order chi connectivity index (χ0) is 25.4. The maximum atomic E-state index is 9.39. The molecule has 1 rings (SSSR count). The van der Waals surface area contributed by atoms with Crippen LogP contribution in [0.15, 0.2) is 43.3 Å². The zero-order valence-electron chi connectivity index (χ0n) is 20.6. The number of hydrogen-bond donors (Lipinski definition) is 0. The number of carbonyl (C=O) groups excluding carboxylic acids is 3. The van der Waals surface area contributed by atoms with Crippen molar-refractivity contribution in [2.45, 2.75) is 66.2 Å². The summed E-state index contributed by atoms with van der Waals surface area (Å²) in [6.07, 6.45) is 12.8. The van der Waals surface area contributed by atoms with Crippen LogP contribution in [0.1, 0.15) is 71.8 Å². The van der Waals surface area contributed by atoms with Crippen LogP contribution < -0.4 is 4.74 Å². The van der Waals surface area contributed by atoms with Crippen LogP contribution in [0.2, 0.25) is 0 Å². The molecule has 0 amide bonds. The molecule has 0 heterocycles. The van der Waals surface area contributed by atoms with E-state index in [1.807, 2.05) is 19.1 Å². The molecule has 1 aromatic carbocycles. The van der Waals surface area contributed by atoms with Gasteiger partial charge in [-0.2, -0.15) is 0 Å². The third-order valence-electron chi connectivity index (χ3n) is 3.54. The van der Waals surface area contributed by atoms with Crippen LogP contribution in [0.25, 0.3) is 6.08 Å². The fourth-order valence-electron chi connectivity index (χ4n) is 1.80. The monoisotopic (exact) mass is 565 g/mol. The van der Waals surface area contributed by atoms with Gasteiger partial charge in [0, 0.05) is 0 Å². The van der Waals surface area contributed by atoms with E-state index in [0.29, 0.717) is 19.6 Å². The molecular formula is C25H39N3O4Sn. The molecule has 7 nitrogen and oxygen atoms in total. The van der Waals surface area contributed by atoms with E-state index in [4.69, 9.17) is 4.74 Å². The van der Waals surface area contributed by atoms with Crippen LogP contribution in [0.3, 0.4) is 0 Å². The van der Waals surface area contributed by atoms with Crippen LogP contribution in [0, 0.1) is 0 Å². The fourth-order valence-corrected chi connectivity index (χ4v) is 2.44. The van der Waals surface area contributed by atoms with Gasteiger partial charge in [-0.3, -0.25) is 0 Å². The van der Waals surface area contributed by atoms with Crippen molar-refractivity contribution in [3.05, 3.63) is 33.9 Å². The molecule has 0 aliphatic carbocycles. The summed E-state index contributed by atoms with van der Waals surface area (Å²) in [4.78, 5) is 38.2. The second kappa shape index (κ2) is 34.3. The Labute approximate surface area is 212 Å². The molecule has 0 unspecified atom stereocenters. The first-order chi connectivity index (χ1) is 16.1. The summed E-state index contributed by atoms with van der Waals surface area (Å²) in [6, 6.07) is 8.13. The van der Waals surface area contributed by atoms with Gasteiger partial charge in [-0.05, 0) is 19.3 Å². The quantitative estimate of drug-likeness (QED) is 0.149. The molecule has 0 aliphatic heterocycles. The Morgan fingerprint density at radius 1 is 0.758 bits per heavy atom. The molecule has 0 spiro atoms. The minimum absolute atomic E-state index is 0.639. The van der Waals surface area contributed by atoms with Crippen molar-refractivity contribution < 1.29 is 19.1 Å². The SMILES string of the molecule is CCCCN=C=O.CCCCN=C=O.CCCCN=C=O.CCOc1ccc(/C=[CH]/[SnH])cc1. The van der Waals surface area contributed by atoms with Gasteiger partial charge in [0.05, 0.1) is 19.6 Å². The molecule has 0 bridgehead atoms. The van der Waals surface area contributed by atoms with E-state index in [-0.39, 0.29) is 0 Å². The molecule has 33 heavy (non-hydrogen) atoms. The van der Waals surface area contributed by atoms with Crippen molar-refractivity contribution in [2.24, 2.45) is 15.0 Å². The van der Waals surface area contributed by atoms with Crippen LogP contribution in [0.5, 0.6) is 5.75 Å². The fraction of sp³-hybridized carbons (Fsp3) is 0.560. The summed E-state index contributed by atoms with van der Waals surface area (Å²) in [7, 11) is 0. The molecule has 0 fully saturated rings. The third-order valence-corrected chi connectivity index (χ3v) is 4.09. The molecule has 2 radical (unpaired) electrons. The van der Waals surface area contributed by atoms with Gasteiger partial charge in [0.15, 0.2) is 0 Å². The normalized spacial score (nSPS) is 8.64. The van der Waals surface area contributed by atoms with Crippen LogP contribution in [-0.4, -0.2) is 67.0 Å². The van der Waals surface area contributed by atoms with Crippen molar-refractivity contribution in [2.75, 3.05) is 26.2 Å². The molecular weight excluding hydrogens is 525 g/mol. The van der Waals surface area contributed by atoms with Crippen molar-refractivity contribution in [1.29, 1.82) is 0 Å². The number of benzene rings is 1. The Kier molecular flexibility index (Phi) is 36.7. The van der Waals surface area contributed by atoms with Crippen molar-refractivity contribution in [3.8, 4) is 5.75 Å². The van der Waals surface area contributed by atoms with Crippen LogP contribution in [0.4, 0.5) is 0 Å². The van der Waals surface area contributed by atoms with Gasteiger partial charge in [0.2, 0.25) is 18.2 Å². The van der Waals surface area contributed by atoms with E-state index in [9.17, 15) is 14.4 Å². The Hall–Kier alpha value is -2.30. The maximum absolute atomic E-state index is 9.39. The summed E-state index contributed by atoms with van der Waals surface area (Å²) in [5, 5.41) is 0. The summed E-state index contributed by atoms with van der Waals surface area (Å²) in [6.45, 7) is 10.8. The number of rotatable bonds is 12. The predicted octanol–water partition coefficient (Wildman–Crippen LogP) is 5.32. The zero-order valence-corrected chi connectivity index (χ0v) is 23.9. The number of aliphatic imine (C=N–C) groups is 3. The summed E-state index contributed by atoms with van der Waals surface area (Å²) in [5.74, 6) is 0.946. The van der Waals surface area contributed by atoms with Gasteiger partial charge in [-0.25, -0.2) is 29.4 Å². The minimum atomic E-state index is 0.639. The van der Waals surface area contributed by atoms with Gasteiger partial charge in [-0.1, -0.05) is 40.0 Å². The Balaban J connectivity index is -0.000000379.